The summed E-state index contributed by atoms with van der Waals surface area (Å²) >= 11 is 0. The fourth-order valence-electron chi connectivity index (χ4n) is 4.58. The van der Waals surface area contributed by atoms with E-state index in [4.69, 9.17) is 11.5 Å². The molecule has 0 bridgehead atoms. The highest BCUT2D eigenvalue weighted by Gasteiger charge is 2.33. The molecule has 0 atom stereocenters. The van der Waals surface area contributed by atoms with Gasteiger partial charge in [-0.3, -0.25) is 14.5 Å². The fourth-order valence-corrected chi connectivity index (χ4v) is 4.58. The van der Waals surface area contributed by atoms with Gasteiger partial charge in [-0.15, -0.1) is 10.2 Å². The number of carbonyl (C=O) groups is 2. The molecule has 3 aromatic carbocycles. The maximum atomic E-state index is 13.4. The molecule has 8 nitrogen and oxygen atoms in total. The quantitative estimate of drug-likeness (QED) is 0.118. The fraction of sp³-hybridized carbons (Fsp3) is 0.310. The Kier molecular flexibility index (Phi) is 7.86. The van der Waals surface area contributed by atoms with Gasteiger partial charge < -0.3 is 16.8 Å². The van der Waals surface area contributed by atoms with Gasteiger partial charge in [0, 0.05) is 46.2 Å². The molecule has 0 fully saturated rings. The third-order valence-corrected chi connectivity index (χ3v) is 6.48. The highest BCUT2D eigenvalue weighted by atomic mass is 16.2. The summed E-state index contributed by atoms with van der Waals surface area (Å²) < 4.78 is 0. The minimum Gasteiger partial charge on any atom is -0.386 e. The number of unbranched alkanes of at least 4 members (excludes halogenated alkanes) is 2. The van der Waals surface area contributed by atoms with E-state index >= 15 is 0 Å². The van der Waals surface area contributed by atoms with E-state index in [9.17, 15) is 9.59 Å². The third-order valence-electron chi connectivity index (χ3n) is 6.48. The Bertz CT molecular complexity index is 1380. The highest BCUT2D eigenvalue weighted by molar-refractivity contribution is 6.28. The van der Waals surface area contributed by atoms with Crippen molar-refractivity contribution in [2.24, 2.45) is 21.7 Å². The maximum Gasteiger partial charge on any atom is 0.261 e. The van der Waals surface area contributed by atoms with E-state index < -0.39 is 0 Å². The van der Waals surface area contributed by atoms with Crippen LogP contribution in [0.3, 0.4) is 0 Å². The van der Waals surface area contributed by atoms with Crippen LogP contribution in [0.2, 0.25) is 0 Å². The first-order chi connectivity index (χ1) is 17.9. The summed E-state index contributed by atoms with van der Waals surface area (Å²) in [4.78, 5) is 28.3. The average Bonchev–Trinajstić information content (AvgIpc) is 2.90. The minimum atomic E-state index is -0.242. The van der Waals surface area contributed by atoms with E-state index in [0.717, 1.165) is 54.4 Å². The van der Waals surface area contributed by atoms with Crippen molar-refractivity contribution in [1.82, 2.24) is 4.90 Å². The summed E-state index contributed by atoms with van der Waals surface area (Å²) in [5.41, 5.74) is 16.2. The van der Waals surface area contributed by atoms with E-state index in [-0.39, 0.29) is 17.6 Å². The second-order valence-electron chi connectivity index (χ2n) is 9.27. The highest BCUT2D eigenvalue weighted by Crippen LogP contribution is 2.41. The van der Waals surface area contributed by atoms with Gasteiger partial charge in [-0.1, -0.05) is 51.0 Å². The summed E-state index contributed by atoms with van der Waals surface area (Å²) in [5, 5.41) is 13.0. The Balaban J connectivity index is 1.92. The zero-order valence-corrected chi connectivity index (χ0v) is 21.7. The molecule has 37 heavy (non-hydrogen) atoms. The summed E-state index contributed by atoms with van der Waals surface area (Å²) in [6, 6.07) is 15.2. The van der Waals surface area contributed by atoms with Gasteiger partial charge in [0.2, 0.25) is 0 Å². The molecule has 8 heteroatoms. The van der Waals surface area contributed by atoms with Crippen molar-refractivity contribution in [1.29, 1.82) is 0 Å². The van der Waals surface area contributed by atoms with Crippen LogP contribution in [0, 0.1) is 0 Å². The normalized spacial score (nSPS) is 14.0. The summed E-state index contributed by atoms with van der Waals surface area (Å²) in [6.45, 7) is 7.03. The van der Waals surface area contributed by atoms with Crippen molar-refractivity contribution in [3.05, 3.63) is 65.2 Å². The van der Waals surface area contributed by atoms with Crippen LogP contribution in [0.1, 0.15) is 72.7 Å². The van der Waals surface area contributed by atoms with Gasteiger partial charge in [0.05, 0.1) is 0 Å². The topological polar surface area (TPSA) is 126 Å². The van der Waals surface area contributed by atoms with Crippen LogP contribution in [0.25, 0.3) is 21.9 Å². The lowest BCUT2D eigenvalue weighted by molar-refractivity contribution is 0.0608. The number of anilines is 1. The lowest BCUT2D eigenvalue weighted by Crippen LogP contribution is -2.40. The van der Waals surface area contributed by atoms with Gasteiger partial charge in [-0.2, -0.15) is 0 Å². The van der Waals surface area contributed by atoms with Gasteiger partial charge in [0.15, 0.2) is 5.84 Å². The first-order valence-electron chi connectivity index (χ1n) is 12.8. The van der Waals surface area contributed by atoms with Crippen LogP contribution < -0.4 is 16.8 Å². The van der Waals surface area contributed by atoms with Crippen LogP contribution in [-0.2, 0) is 0 Å². The molecular formula is C29H34N6O2. The molecule has 0 aliphatic carbocycles. The van der Waals surface area contributed by atoms with Crippen LogP contribution in [-0.4, -0.2) is 41.5 Å². The Morgan fingerprint density at radius 2 is 1.54 bits per heavy atom. The SMILES string of the molecule is CCCCNc1ccc2c3c(ccc(-c4cccc(/C(N)=N/N=C(/C)N)c4)c13)C(=O)N(CCCC)C2=O. The van der Waals surface area contributed by atoms with Crippen LogP contribution in [0.5, 0.6) is 0 Å². The molecule has 1 aliphatic heterocycles. The molecular weight excluding hydrogens is 464 g/mol. The number of carbonyl (C=O) groups excluding carboxylic acids is 2. The first-order valence-corrected chi connectivity index (χ1v) is 12.8. The largest absolute Gasteiger partial charge is 0.386 e. The third kappa shape index (κ3) is 5.18. The molecule has 1 heterocycles. The lowest BCUT2D eigenvalue weighted by atomic mass is 9.87. The Labute approximate surface area is 217 Å². The predicted octanol–water partition coefficient (Wildman–Crippen LogP) is 5.11. The second kappa shape index (κ2) is 11.2. The zero-order chi connectivity index (χ0) is 26.5. The van der Waals surface area contributed by atoms with Gasteiger partial charge in [-0.05, 0) is 55.2 Å². The standard InChI is InChI=1S/C29H34N6O2/c1-4-6-15-32-24-14-13-23-25-22(28(36)35(29(23)37)16-7-5-2)12-11-21(26(24)25)19-9-8-10-20(17-19)27(31)34-33-18(3)30/h8-14,17,32H,4-7,15-16H2,1-3H3,(H2,30,33)(H2,31,34). The molecule has 0 spiro atoms. The molecule has 2 amide bonds. The van der Waals surface area contributed by atoms with Crippen LogP contribution >= 0.6 is 0 Å². The van der Waals surface area contributed by atoms with Crippen LogP contribution in [0.4, 0.5) is 5.69 Å². The van der Waals surface area contributed by atoms with Crippen molar-refractivity contribution < 1.29 is 9.59 Å². The number of rotatable bonds is 10. The number of hydrogen-bond acceptors (Lipinski definition) is 5. The van der Waals surface area contributed by atoms with Crippen LogP contribution in [0.15, 0.2) is 58.7 Å². The molecule has 3 aromatic rings. The zero-order valence-electron chi connectivity index (χ0n) is 21.7. The van der Waals surface area contributed by atoms with E-state index in [1.807, 2.05) is 55.5 Å². The molecule has 192 valence electrons. The van der Waals surface area contributed by atoms with Crippen molar-refractivity contribution in [2.75, 3.05) is 18.4 Å². The predicted molar refractivity (Wildman–Crippen MR) is 151 cm³/mol. The first kappa shape index (κ1) is 25.9. The molecule has 0 saturated carbocycles. The van der Waals surface area contributed by atoms with Gasteiger partial charge in [-0.25, -0.2) is 0 Å². The number of imide groups is 1. The van der Waals surface area contributed by atoms with Gasteiger partial charge >= 0.3 is 0 Å². The van der Waals surface area contributed by atoms with E-state index in [2.05, 4.69) is 22.4 Å². The molecule has 0 saturated heterocycles. The number of nitrogens with zero attached hydrogens (tertiary/aromatic N) is 3. The average molecular weight is 499 g/mol. The Hall–Kier alpha value is -4.20. The van der Waals surface area contributed by atoms with Crippen molar-refractivity contribution in [3.8, 4) is 11.1 Å². The number of hydrogen-bond donors (Lipinski definition) is 3. The minimum absolute atomic E-state index is 0.242. The van der Waals surface area contributed by atoms with E-state index in [1.54, 1.807) is 6.92 Å². The molecule has 0 unspecified atom stereocenters. The maximum absolute atomic E-state index is 13.4. The number of amides is 2. The summed E-state index contributed by atoms with van der Waals surface area (Å²) in [7, 11) is 0. The molecule has 1 aliphatic rings. The summed E-state index contributed by atoms with van der Waals surface area (Å²) in [6.07, 6.45) is 3.73. The van der Waals surface area contributed by atoms with E-state index in [1.165, 1.54) is 4.90 Å². The Morgan fingerprint density at radius 1 is 0.865 bits per heavy atom. The number of nitrogens with one attached hydrogen (secondary N) is 1. The lowest BCUT2D eigenvalue weighted by Gasteiger charge is -2.29. The number of amidine groups is 2. The van der Waals surface area contributed by atoms with Crippen molar-refractivity contribution >= 4 is 39.9 Å². The van der Waals surface area contributed by atoms with E-state index in [0.29, 0.717) is 34.5 Å². The smallest absolute Gasteiger partial charge is 0.261 e. The Morgan fingerprint density at radius 3 is 2.22 bits per heavy atom. The molecule has 4 rings (SSSR count). The molecule has 5 N–H and O–H groups in total. The number of nitrogens with two attached hydrogens (primary N) is 2. The second-order valence-corrected chi connectivity index (χ2v) is 9.27. The van der Waals surface area contributed by atoms with Crippen molar-refractivity contribution in [2.45, 2.75) is 46.5 Å². The number of benzene rings is 3. The summed E-state index contributed by atoms with van der Waals surface area (Å²) in [5.74, 6) is 0.0714. The van der Waals surface area contributed by atoms with Crippen molar-refractivity contribution in [3.63, 3.8) is 0 Å². The van der Waals surface area contributed by atoms with Gasteiger partial charge in [0.25, 0.3) is 11.8 Å². The molecule has 0 aromatic heterocycles. The van der Waals surface area contributed by atoms with Gasteiger partial charge in [0.1, 0.15) is 5.84 Å². The monoisotopic (exact) mass is 498 g/mol. The molecule has 0 radical (unpaired) electrons.